The summed E-state index contributed by atoms with van der Waals surface area (Å²) in [6.07, 6.45) is 3.60. The SMILES string of the molecule is CCCCCNCc1cc(Br)c(OCc2c(F)cccc2Cl)c(OC)c1. The first kappa shape index (κ1) is 21.0. The average molecular weight is 445 g/mol. The van der Waals surface area contributed by atoms with Crippen LogP contribution in [0.2, 0.25) is 5.02 Å². The van der Waals surface area contributed by atoms with Crippen LogP contribution in [0.25, 0.3) is 0 Å². The van der Waals surface area contributed by atoms with Gasteiger partial charge in [0.2, 0.25) is 0 Å². The van der Waals surface area contributed by atoms with Gasteiger partial charge in [0.25, 0.3) is 0 Å². The first-order valence-corrected chi connectivity index (χ1v) is 9.86. The molecule has 0 radical (unpaired) electrons. The lowest BCUT2D eigenvalue weighted by Crippen LogP contribution is -2.14. The number of hydrogen-bond donors (Lipinski definition) is 1. The smallest absolute Gasteiger partial charge is 0.175 e. The van der Waals surface area contributed by atoms with Gasteiger partial charge in [-0.05, 0) is 58.7 Å². The van der Waals surface area contributed by atoms with Crippen LogP contribution in [0.15, 0.2) is 34.8 Å². The quantitative estimate of drug-likeness (QED) is 0.449. The number of unbranched alkanes of at least 4 members (excludes halogenated alkanes) is 2. The predicted molar refractivity (Wildman–Crippen MR) is 108 cm³/mol. The van der Waals surface area contributed by atoms with E-state index in [0.29, 0.717) is 22.1 Å². The fraction of sp³-hybridized carbons (Fsp3) is 0.400. The maximum absolute atomic E-state index is 13.9. The molecule has 142 valence electrons. The molecule has 3 nitrogen and oxygen atoms in total. The van der Waals surface area contributed by atoms with E-state index in [-0.39, 0.29) is 12.4 Å². The number of methoxy groups -OCH3 is 1. The van der Waals surface area contributed by atoms with Gasteiger partial charge in [-0.25, -0.2) is 4.39 Å². The minimum Gasteiger partial charge on any atom is -0.493 e. The van der Waals surface area contributed by atoms with Gasteiger partial charge in [0.05, 0.1) is 16.6 Å². The number of halogens is 3. The molecule has 0 bridgehead atoms. The molecule has 0 fully saturated rings. The fourth-order valence-corrected chi connectivity index (χ4v) is 3.38. The molecule has 2 aromatic rings. The Morgan fingerprint density at radius 1 is 1.23 bits per heavy atom. The van der Waals surface area contributed by atoms with Crippen LogP contribution in [0, 0.1) is 5.82 Å². The van der Waals surface area contributed by atoms with Gasteiger partial charge in [0.15, 0.2) is 11.5 Å². The summed E-state index contributed by atoms with van der Waals surface area (Å²) < 4.78 is 25.9. The van der Waals surface area contributed by atoms with Crippen LogP contribution < -0.4 is 14.8 Å². The summed E-state index contributed by atoms with van der Waals surface area (Å²) in [5, 5.41) is 3.76. The van der Waals surface area contributed by atoms with E-state index in [4.69, 9.17) is 21.1 Å². The van der Waals surface area contributed by atoms with Crippen LogP contribution in [0.4, 0.5) is 4.39 Å². The molecule has 6 heteroatoms. The van der Waals surface area contributed by atoms with Crippen LogP contribution in [-0.2, 0) is 13.2 Å². The van der Waals surface area contributed by atoms with Crippen molar-refractivity contribution in [3.8, 4) is 11.5 Å². The van der Waals surface area contributed by atoms with Crippen molar-refractivity contribution in [3.05, 3.63) is 56.8 Å². The van der Waals surface area contributed by atoms with E-state index in [0.717, 1.165) is 23.1 Å². The Hall–Kier alpha value is -1.30. The third-order valence-electron chi connectivity index (χ3n) is 4.00. The zero-order chi connectivity index (χ0) is 18.9. The first-order valence-electron chi connectivity index (χ1n) is 8.69. The molecule has 0 amide bonds. The van der Waals surface area contributed by atoms with Gasteiger partial charge in [-0.1, -0.05) is 37.4 Å². The molecule has 1 N–H and O–H groups in total. The lowest BCUT2D eigenvalue weighted by molar-refractivity contribution is 0.277. The first-order chi connectivity index (χ1) is 12.6. The normalized spacial score (nSPS) is 10.8. The Labute approximate surface area is 168 Å². The van der Waals surface area contributed by atoms with E-state index in [1.54, 1.807) is 19.2 Å². The summed E-state index contributed by atoms with van der Waals surface area (Å²) in [5.41, 5.74) is 1.41. The van der Waals surface area contributed by atoms with Gasteiger partial charge in [-0.2, -0.15) is 0 Å². The summed E-state index contributed by atoms with van der Waals surface area (Å²) in [6.45, 7) is 3.94. The molecule has 0 unspecified atom stereocenters. The standard InChI is InChI=1S/C20H24BrClFNO2/c1-3-4-5-9-24-12-14-10-16(21)20(19(11-14)25-2)26-13-15-17(22)7-6-8-18(15)23/h6-8,10-11,24H,3-5,9,12-13H2,1-2H3. The van der Waals surface area contributed by atoms with E-state index in [1.807, 2.05) is 12.1 Å². The predicted octanol–water partition coefficient (Wildman–Crippen LogP) is 6.11. The van der Waals surface area contributed by atoms with Crippen molar-refractivity contribution < 1.29 is 13.9 Å². The Bertz CT molecular complexity index is 707. The molecule has 0 aliphatic rings. The van der Waals surface area contributed by atoms with Crippen LogP contribution >= 0.6 is 27.5 Å². The molecule has 0 saturated heterocycles. The highest BCUT2D eigenvalue weighted by molar-refractivity contribution is 9.10. The summed E-state index contributed by atoms with van der Waals surface area (Å²) in [7, 11) is 1.59. The topological polar surface area (TPSA) is 30.5 Å². The van der Waals surface area contributed by atoms with Crippen LogP contribution in [0.5, 0.6) is 11.5 Å². The highest BCUT2D eigenvalue weighted by Gasteiger charge is 2.14. The van der Waals surface area contributed by atoms with Crippen LogP contribution in [-0.4, -0.2) is 13.7 Å². The van der Waals surface area contributed by atoms with Gasteiger partial charge < -0.3 is 14.8 Å². The molecular weight excluding hydrogens is 421 g/mol. The maximum atomic E-state index is 13.9. The summed E-state index contributed by atoms with van der Waals surface area (Å²) in [4.78, 5) is 0. The Balaban J connectivity index is 2.06. The number of rotatable bonds is 10. The number of hydrogen-bond acceptors (Lipinski definition) is 3. The maximum Gasteiger partial charge on any atom is 0.175 e. The summed E-state index contributed by atoms with van der Waals surface area (Å²) in [6, 6.07) is 8.48. The van der Waals surface area contributed by atoms with Gasteiger partial charge in [-0.3, -0.25) is 0 Å². The number of benzene rings is 2. The second-order valence-corrected chi connectivity index (χ2v) is 7.24. The fourth-order valence-electron chi connectivity index (χ4n) is 2.56. The van der Waals surface area contributed by atoms with Crippen LogP contribution in [0.3, 0.4) is 0 Å². The third kappa shape index (κ3) is 5.86. The molecule has 0 aromatic heterocycles. The molecule has 0 aliphatic heterocycles. The molecule has 2 rings (SSSR count). The zero-order valence-corrected chi connectivity index (χ0v) is 17.4. The summed E-state index contributed by atoms with van der Waals surface area (Å²) >= 11 is 9.58. The van der Waals surface area contributed by atoms with Crippen molar-refractivity contribution in [2.45, 2.75) is 39.3 Å². The Morgan fingerprint density at radius 2 is 2.04 bits per heavy atom. The van der Waals surface area contributed by atoms with Gasteiger partial charge in [0.1, 0.15) is 12.4 Å². The molecule has 0 heterocycles. The molecule has 0 atom stereocenters. The van der Waals surface area contributed by atoms with Crippen molar-refractivity contribution in [2.24, 2.45) is 0 Å². The van der Waals surface area contributed by atoms with Gasteiger partial charge >= 0.3 is 0 Å². The van der Waals surface area contributed by atoms with Crippen LogP contribution in [0.1, 0.15) is 37.3 Å². The molecular formula is C20H24BrClFNO2. The minimum atomic E-state index is -0.388. The molecule has 0 saturated carbocycles. The average Bonchev–Trinajstić information content (AvgIpc) is 2.62. The largest absolute Gasteiger partial charge is 0.493 e. The second kappa shape index (κ2) is 10.8. The van der Waals surface area contributed by atoms with Crippen molar-refractivity contribution in [3.63, 3.8) is 0 Å². The minimum absolute atomic E-state index is 0.0229. The highest BCUT2D eigenvalue weighted by Crippen LogP contribution is 2.37. The Morgan fingerprint density at radius 3 is 2.73 bits per heavy atom. The molecule has 0 aliphatic carbocycles. The van der Waals surface area contributed by atoms with Gasteiger partial charge in [0, 0.05) is 12.1 Å². The summed E-state index contributed by atoms with van der Waals surface area (Å²) in [5.74, 6) is 0.735. The second-order valence-electron chi connectivity index (χ2n) is 5.98. The van der Waals surface area contributed by atoms with Crippen molar-refractivity contribution >= 4 is 27.5 Å². The number of ether oxygens (including phenoxy) is 2. The zero-order valence-electron chi connectivity index (χ0n) is 15.1. The molecule has 26 heavy (non-hydrogen) atoms. The third-order valence-corrected chi connectivity index (χ3v) is 4.94. The van der Waals surface area contributed by atoms with E-state index < -0.39 is 0 Å². The Kier molecular flexibility index (Phi) is 8.69. The van der Waals surface area contributed by atoms with Crippen molar-refractivity contribution in [2.75, 3.05) is 13.7 Å². The lowest BCUT2D eigenvalue weighted by Gasteiger charge is -2.15. The van der Waals surface area contributed by atoms with E-state index in [1.165, 1.54) is 25.3 Å². The van der Waals surface area contributed by atoms with E-state index in [9.17, 15) is 4.39 Å². The molecule has 2 aromatic carbocycles. The lowest BCUT2D eigenvalue weighted by atomic mass is 10.2. The van der Waals surface area contributed by atoms with Gasteiger partial charge in [-0.15, -0.1) is 0 Å². The monoisotopic (exact) mass is 443 g/mol. The number of nitrogens with one attached hydrogen (secondary N) is 1. The van der Waals surface area contributed by atoms with Crippen molar-refractivity contribution in [1.82, 2.24) is 5.32 Å². The van der Waals surface area contributed by atoms with E-state index >= 15 is 0 Å². The van der Waals surface area contributed by atoms with E-state index in [2.05, 4.69) is 28.2 Å². The highest BCUT2D eigenvalue weighted by atomic mass is 79.9. The molecule has 0 spiro atoms. The van der Waals surface area contributed by atoms with Crippen molar-refractivity contribution in [1.29, 1.82) is 0 Å².